The number of carbonyl (C=O) groups excluding carboxylic acids is 2. The molecule has 0 aromatic heterocycles. The molecular weight excluding hydrogens is 476 g/mol. The Balaban J connectivity index is 3.55. The summed E-state index contributed by atoms with van der Waals surface area (Å²) in [6, 6.07) is 0. The van der Waals surface area contributed by atoms with E-state index in [0.717, 1.165) is 44.4 Å². The molecule has 0 fully saturated rings. The van der Waals surface area contributed by atoms with Crippen molar-refractivity contribution >= 4 is 11.9 Å². The second-order valence-electron chi connectivity index (χ2n) is 11.7. The summed E-state index contributed by atoms with van der Waals surface area (Å²) in [4.78, 5) is 24.0. The Hall–Kier alpha value is -1.10. The minimum Gasteiger partial charge on any atom is -0.462 e. The monoisotopic (exact) mass is 540 g/mol. The largest absolute Gasteiger partial charge is 0.462 e. The number of carbonyl (C=O) groups is 2. The van der Waals surface area contributed by atoms with Crippen molar-refractivity contribution in [1.29, 1.82) is 0 Å². The van der Waals surface area contributed by atoms with Crippen molar-refractivity contribution in [2.45, 2.75) is 181 Å². The van der Waals surface area contributed by atoms with E-state index in [-0.39, 0.29) is 25.2 Å². The summed E-state index contributed by atoms with van der Waals surface area (Å²) in [5, 5.41) is 9.48. The molecule has 0 saturated heterocycles. The molecule has 0 aliphatic rings. The average molecular weight is 541 g/mol. The molecule has 0 spiro atoms. The van der Waals surface area contributed by atoms with Crippen molar-refractivity contribution in [3.63, 3.8) is 0 Å². The molecular formula is C33H64O5. The van der Waals surface area contributed by atoms with Crippen LogP contribution in [0.2, 0.25) is 0 Å². The van der Waals surface area contributed by atoms with Gasteiger partial charge in [-0.25, -0.2) is 0 Å². The maximum atomic E-state index is 12.1. The van der Waals surface area contributed by atoms with Crippen LogP contribution in [0.1, 0.15) is 175 Å². The summed E-state index contributed by atoms with van der Waals surface area (Å²) in [7, 11) is 0. The average Bonchev–Trinajstić information content (AvgIpc) is 2.90. The van der Waals surface area contributed by atoms with E-state index >= 15 is 0 Å². The fourth-order valence-corrected chi connectivity index (χ4v) is 4.80. The summed E-state index contributed by atoms with van der Waals surface area (Å²) >= 11 is 0. The lowest BCUT2D eigenvalue weighted by Gasteiger charge is -2.15. The molecule has 0 saturated carbocycles. The molecule has 0 rings (SSSR count). The zero-order valence-corrected chi connectivity index (χ0v) is 25.6. The Morgan fingerprint density at radius 3 is 1.39 bits per heavy atom. The third-order valence-corrected chi connectivity index (χ3v) is 7.33. The molecule has 0 heterocycles. The molecule has 1 atom stereocenters. The summed E-state index contributed by atoms with van der Waals surface area (Å²) in [5.74, 6) is 0.249. The van der Waals surface area contributed by atoms with E-state index in [2.05, 4.69) is 20.8 Å². The molecule has 0 aromatic carbocycles. The van der Waals surface area contributed by atoms with Crippen LogP contribution in [0.4, 0.5) is 0 Å². The van der Waals surface area contributed by atoms with Gasteiger partial charge in [-0.2, -0.15) is 0 Å². The minimum absolute atomic E-state index is 0.0590. The molecule has 0 amide bonds. The molecule has 226 valence electrons. The first-order valence-electron chi connectivity index (χ1n) is 16.5. The molecule has 5 heteroatoms. The van der Waals surface area contributed by atoms with Crippen LogP contribution in [0.5, 0.6) is 0 Å². The van der Waals surface area contributed by atoms with Gasteiger partial charge < -0.3 is 14.6 Å². The number of unbranched alkanes of at least 4 members (excludes halogenated alkanes) is 19. The lowest BCUT2D eigenvalue weighted by Crippen LogP contribution is -2.28. The van der Waals surface area contributed by atoms with Crippen molar-refractivity contribution in [2.24, 2.45) is 5.92 Å². The van der Waals surface area contributed by atoms with E-state index in [9.17, 15) is 14.7 Å². The zero-order chi connectivity index (χ0) is 28.1. The third kappa shape index (κ3) is 27.9. The number of rotatable bonds is 29. The van der Waals surface area contributed by atoms with E-state index in [1.165, 1.54) is 103 Å². The Morgan fingerprint density at radius 1 is 0.579 bits per heavy atom. The van der Waals surface area contributed by atoms with Gasteiger partial charge >= 0.3 is 11.9 Å². The predicted molar refractivity (Wildman–Crippen MR) is 159 cm³/mol. The first-order chi connectivity index (χ1) is 18.5. The van der Waals surface area contributed by atoms with Crippen molar-refractivity contribution in [2.75, 3.05) is 13.2 Å². The lowest BCUT2D eigenvalue weighted by molar-refractivity contribution is -0.161. The lowest BCUT2D eigenvalue weighted by atomic mass is 10.0. The van der Waals surface area contributed by atoms with E-state index in [1.54, 1.807) is 0 Å². The molecule has 0 unspecified atom stereocenters. The second kappa shape index (κ2) is 28.9. The fourth-order valence-electron chi connectivity index (χ4n) is 4.80. The number of hydrogen-bond donors (Lipinski definition) is 1. The third-order valence-electron chi connectivity index (χ3n) is 7.33. The van der Waals surface area contributed by atoms with Crippen molar-refractivity contribution in [3.05, 3.63) is 0 Å². The SMILES string of the molecule is CCCCCCCCCCCCC(=O)OC[C@H](CO)OC(=O)CCCCCCCCCCCCCC(C)C. The van der Waals surface area contributed by atoms with Gasteiger partial charge in [0.25, 0.3) is 0 Å². The molecule has 0 bridgehead atoms. The van der Waals surface area contributed by atoms with Crippen LogP contribution in [0, 0.1) is 5.92 Å². The Bertz CT molecular complexity index is 520. The van der Waals surface area contributed by atoms with E-state index in [0.29, 0.717) is 12.8 Å². The molecule has 0 aromatic rings. The highest BCUT2D eigenvalue weighted by Crippen LogP contribution is 2.15. The zero-order valence-electron chi connectivity index (χ0n) is 25.6. The number of ether oxygens (including phenoxy) is 2. The quantitative estimate of drug-likeness (QED) is 0.0755. The van der Waals surface area contributed by atoms with E-state index < -0.39 is 6.10 Å². The van der Waals surface area contributed by atoms with Crippen LogP contribution in [0.25, 0.3) is 0 Å². The molecule has 38 heavy (non-hydrogen) atoms. The highest BCUT2D eigenvalue weighted by molar-refractivity contribution is 5.70. The summed E-state index contributed by atoms with van der Waals surface area (Å²) in [6.45, 7) is 6.46. The number of aliphatic hydroxyl groups is 1. The maximum absolute atomic E-state index is 12.1. The first kappa shape index (κ1) is 36.9. The highest BCUT2D eigenvalue weighted by atomic mass is 16.6. The van der Waals surface area contributed by atoms with Crippen LogP contribution in [-0.4, -0.2) is 36.4 Å². The van der Waals surface area contributed by atoms with Gasteiger partial charge in [-0.1, -0.05) is 149 Å². The van der Waals surface area contributed by atoms with Crippen molar-refractivity contribution in [3.8, 4) is 0 Å². The first-order valence-corrected chi connectivity index (χ1v) is 16.5. The second-order valence-corrected chi connectivity index (χ2v) is 11.7. The predicted octanol–water partition coefficient (Wildman–Crippen LogP) is 9.47. The Morgan fingerprint density at radius 2 is 0.974 bits per heavy atom. The number of esters is 2. The summed E-state index contributed by atoms with van der Waals surface area (Å²) in [6.07, 6.45) is 27.3. The number of hydrogen-bond acceptors (Lipinski definition) is 5. The topological polar surface area (TPSA) is 72.8 Å². The Kier molecular flexibility index (Phi) is 28.1. The van der Waals surface area contributed by atoms with Gasteiger partial charge in [0, 0.05) is 12.8 Å². The molecule has 0 aliphatic heterocycles. The molecule has 0 radical (unpaired) electrons. The molecule has 5 nitrogen and oxygen atoms in total. The van der Waals surface area contributed by atoms with Gasteiger partial charge in [-0.05, 0) is 18.8 Å². The van der Waals surface area contributed by atoms with Gasteiger partial charge in [0.1, 0.15) is 6.61 Å². The van der Waals surface area contributed by atoms with Crippen molar-refractivity contribution < 1.29 is 24.2 Å². The standard InChI is InChI=1S/C33H64O5/c1-4-5-6-7-8-9-14-17-20-23-26-32(35)37-29-31(28-34)38-33(36)27-24-21-18-15-12-10-11-13-16-19-22-25-30(2)3/h30-31,34H,4-29H2,1-3H3/t31-/m0/s1. The number of aliphatic hydroxyl groups excluding tert-OH is 1. The van der Waals surface area contributed by atoms with Gasteiger partial charge in [0.15, 0.2) is 6.10 Å². The smallest absolute Gasteiger partial charge is 0.306 e. The normalized spacial score (nSPS) is 12.1. The van der Waals surface area contributed by atoms with Crippen LogP contribution in [0.15, 0.2) is 0 Å². The van der Waals surface area contributed by atoms with E-state index in [1.807, 2.05) is 0 Å². The summed E-state index contributed by atoms with van der Waals surface area (Å²) < 4.78 is 10.5. The van der Waals surface area contributed by atoms with Gasteiger partial charge in [0.2, 0.25) is 0 Å². The van der Waals surface area contributed by atoms with Gasteiger partial charge in [-0.15, -0.1) is 0 Å². The van der Waals surface area contributed by atoms with Crippen LogP contribution >= 0.6 is 0 Å². The highest BCUT2D eigenvalue weighted by Gasteiger charge is 2.16. The minimum atomic E-state index is -0.760. The molecule has 0 aliphatic carbocycles. The van der Waals surface area contributed by atoms with Gasteiger partial charge in [0.05, 0.1) is 6.61 Å². The fraction of sp³-hybridized carbons (Fsp3) is 0.939. The summed E-state index contributed by atoms with van der Waals surface area (Å²) in [5.41, 5.74) is 0. The van der Waals surface area contributed by atoms with Crippen LogP contribution in [0.3, 0.4) is 0 Å². The maximum Gasteiger partial charge on any atom is 0.306 e. The van der Waals surface area contributed by atoms with Crippen LogP contribution < -0.4 is 0 Å². The van der Waals surface area contributed by atoms with Gasteiger partial charge in [-0.3, -0.25) is 9.59 Å². The van der Waals surface area contributed by atoms with Crippen molar-refractivity contribution in [1.82, 2.24) is 0 Å². The molecule has 1 N–H and O–H groups in total. The Labute approximate surface area is 236 Å². The van der Waals surface area contributed by atoms with Crippen LogP contribution in [-0.2, 0) is 19.1 Å². The van der Waals surface area contributed by atoms with E-state index in [4.69, 9.17) is 9.47 Å².